The Morgan fingerprint density at radius 1 is 1.24 bits per heavy atom. The van der Waals surface area contributed by atoms with Gasteiger partial charge >= 0.3 is 0 Å². The fraction of sp³-hybridized carbons (Fsp3) is 0.417. The highest BCUT2D eigenvalue weighted by Gasteiger charge is 2.28. The van der Waals surface area contributed by atoms with E-state index in [4.69, 9.17) is 10.1 Å². The Morgan fingerprint density at radius 3 is 3.00 bits per heavy atom. The smallest absolute Gasteiger partial charge is 0.132 e. The number of dihydropyridines is 1. The second-order valence-corrected chi connectivity index (χ2v) is 7.88. The molecule has 2 atom stereocenters. The number of aliphatic imine (C=N–C) groups is 2. The highest BCUT2D eigenvalue weighted by atomic mass is 16.3. The van der Waals surface area contributed by atoms with Gasteiger partial charge in [0.05, 0.1) is 6.61 Å². The molecule has 0 radical (unpaired) electrons. The predicted molar refractivity (Wildman–Crippen MR) is 122 cm³/mol. The minimum absolute atomic E-state index is 0.0152. The average Bonchev–Trinajstić information content (AvgIpc) is 2.76. The highest BCUT2D eigenvalue weighted by Crippen LogP contribution is 2.32. The van der Waals surface area contributed by atoms with Gasteiger partial charge in [-0.3, -0.25) is 4.99 Å². The van der Waals surface area contributed by atoms with Crippen LogP contribution in [0.3, 0.4) is 0 Å². The van der Waals surface area contributed by atoms with Crippen molar-refractivity contribution in [2.75, 3.05) is 25.0 Å². The van der Waals surface area contributed by atoms with Crippen molar-refractivity contribution < 1.29 is 5.11 Å². The van der Waals surface area contributed by atoms with Crippen LogP contribution in [-0.4, -0.2) is 42.9 Å². The van der Waals surface area contributed by atoms with Crippen LogP contribution in [0.1, 0.15) is 36.8 Å². The Morgan fingerprint density at radius 2 is 2.17 bits per heavy atom. The molecule has 5 heteroatoms. The van der Waals surface area contributed by atoms with E-state index in [1.165, 1.54) is 42.4 Å². The number of nitrogens with zero attached hydrogens (tertiary/aromatic N) is 2. The third-order valence-corrected chi connectivity index (χ3v) is 5.83. The zero-order chi connectivity index (χ0) is 20.1. The summed E-state index contributed by atoms with van der Waals surface area (Å²) in [4.78, 5) is 9.39. The summed E-state index contributed by atoms with van der Waals surface area (Å²) in [5.74, 6) is 1.10. The molecule has 3 N–H and O–H groups in total. The van der Waals surface area contributed by atoms with Crippen molar-refractivity contribution in [3.8, 4) is 0 Å². The quantitative estimate of drug-likeness (QED) is 0.646. The summed E-state index contributed by atoms with van der Waals surface area (Å²) >= 11 is 0. The van der Waals surface area contributed by atoms with Crippen molar-refractivity contribution in [3.63, 3.8) is 0 Å². The van der Waals surface area contributed by atoms with Crippen LogP contribution < -0.4 is 10.6 Å². The molecule has 5 nitrogen and oxygen atoms in total. The number of fused-ring (bicyclic) bond motifs is 1. The zero-order valence-electron chi connectivity index (χ0n) is 17.1. The zero-order valence-corrected chi connectivity index (χ0v) is 17.1. The van der Waals surface area contributed by atoms with Crippen LogP contribution in [0.25, 0.3) is 5.57 Å². The molecule has 1 aromatic rings. The minimum atomic E-state index is -0.0152. The maximum absolute atomic E-state index is 8.93. The van der Waals surface area contributed by atoms with Gasteiger partial charge in [-0.05, 0) is 60.9 Å². The number of nitrogens with one attached hydrogen (secondary N) is 2. The third-order valence-electron chi connectivity index (χ3n) is 5.83. The summed E-state index contributed by atoms with van der Waals surface area (Å²) in [6, 6.07) is 6.48. The molecule has 2 heterocycles. The van der Waals surface area contributed by atoms with Crippen molar-refractivity contribution in [1.29, 1.82) is 0 Å². The Bertz CT molecular complexity index is 894. The highest BCUT2D eigenvalue weighted by molar-refractivity contribution is 6.03. The molecule has 1 aliphatic carbocycles. The van der Waals surface area contributed by atoms with Gasteiger partial charge in [0.1, 0.15) is 11.9 Å². The average molecular weight is 391 g/mol. The normalized spacial score (nSPS) is 23.2. The molecule has 0 saturated carbocycles. The number of benzene rings is 1. The number of allylic oxidation sites excluding steroid dienone is 2. The number of aliphatic hydroxyl groups excluding tert-OH is 1. The Hall–Kier alpha value is -2.50. The molecule has 4 rings (SSSR count). The molecule has 0 aromatic heterocycles. The molecule has 0 spiro atoms. The van der Waals surface area contributed by atoms with Crippen molar-refractivity contribution in [2.45, 2.75) is 38.6 Å². The second kappa shape index (κ2) is 9.33. The van der Waals surface area contributed by atoms with Gasteiger partial charge in [0, 0.05) is 37.1 Å². The molecule has 0 saturated heterocycles. The van der Waals surface area contributed by atoms with Gasteiger partial charge in [-0.1, -0.05) is 30.4 Å². The molecule has 0 bridgehead atoms. The van der Waals surface area contributed by atoms with Gasteiger partial charge in [0.25, 0.3) is 0 Å². The Labute approximate surface area is 173 Å². The van der Waals surface area contributed by atoms with Crippen LogP contribution in [0.4, 0.5) is 5.69 Å². The largest absolute Gasteiger partial charge is 0.395 e. The fourth-order valence-corrected chi connectivity index (χ4v) is 4.23. The number of anilines is 1. The van der Waals surface area contributed by atoms with Crippen molar-refractivity contribution >= 4 is 23.3 Å². The topological polar surface area (TPSA) is 69.0 Å². The molecule has 3 aliphatic rings. The lowest BCUT2D eigenvalue weighted by atomic mass is 9.90. The lowest BCUT2D eigenvalue weighted by Gasteiger charge is -2.28. The van der Waals surface area contributed by atoms with E-state index < -0.39 is 0 Å². The van der Waals surface area contributed by atoms with Crippen LogP contribution in [0.5, 0.6) is 0 Å². The van der Waals surface area contributed by atoms with Crippen molar-refractivity contribution in [1.82, 2.24) is 5.32 Å². The van der Waals surface area contributed by atoms with Crippen molar-refractivity contribution in [2.24, 2.45) is 15.9 Å². The molecule has 29 heavy (non-hydrogen) atoms. The summed E-state index contributed by atoms with van der Waals surface area (Å²) in [5.41, 5.74) is 6.35. The van der Waals surface area contributed by atoms with Crippen LogP contribution in [0.2, 0.25) is 0 Å². The van der Waals surface area contributed by atoms with Gasteiger partial charge in [-0.15, -0.1) is 0 Å². The summed E-state index contributed by atoms with van der Waals surface area (Å²) < 4.78 is 0. The molecular formula is C24H30N4O. The van der Waals surface area contributed by atoms with E-state index in [1.807, 2.05) is 12.4 Å². The van der Waals surface area contributed by atoms with Gasteiger partial charge in [-0.2, -0.15) is 0 Å². The van der Waals surface area contributed by atoms with Crippen LogP contribution in [0, 0.1) is 12.8 Å². The summed E-state index contributed by atoms with van der Waals surface area (Å²) in [5, 5.41) is 15.7. The molecular weight excluding hydrogens is 360 g/mol. The monoisotopic (exact) mass is 390 g/mol. The standard InChI is InChI=1S/C24H30N4O/c1-17-21(19-6-3-2-4-7-19)8-5-9-22(17)28-24-23-20(10-11-26-24)14-18(16-27-23)15-25-12-13-29/h5-6,8-11,14,16,20,23,25,29H,2-4,7,12-13,15H2,1H3,(H,26,28). The van der Waals surface area contributed by atoms with E-state index in [2.05, 4.69) is 59.0 Å². The molecule has 0 amide bonds. The van der Waals surface area contributed by atoms with Crippen LogP contribution in [0.15, 0.2) is 58.2 Å². The SMILES string of the molecule is Cc1c(NC2=NC=CC3C=C(CNCCO)C=NC23)cccc1C1=CCCCC1. The first-order valence-corrected chi connectivity index (χ1v) is 10.6. The number of hydrogen-bond donors (Lipinski definition) is 3. The lowest BCUT2D eigenvalue weighted by Crippen LogP contribution is -2.36. The van der Waals surface area contributed by atoms with E-state index in [-0.39, 0.29) is 18.6 Å². The second-order valence-electron chi connectivity index (χ2n) is 7.88. The fourth-order valence-electron chi connectivity index (χ4n) is 4.23. The number of hydrogen-bond acceptors (Lipinski definition) is 5. The number of rotatable bonds is 6. The number of amidine groups is 1. The lowest BCUT2D eigenvalue weighted by molar-refractivity contribution is 0.294. The Kier molecular flexibility index (Phi) is 6.37. The first-order chi connectivity index (χ1) is 14.3. The molecule has 0 fully saturated rings. The predicted octanol–water partition coefficient (Wildman–Crippen LogP) is 3.87. The van der Waals surface area contributed by atoms with E-state index in [1.54, 1.807) is 0 Å². The summed E-state index contributed by atoms with van der Waals surface area (Å²) in [7, 11) is 0. The number of aliphatic hydroxyl groups is 1. The van der Waals surface area contributed by atoms with Gasteiger partial charge in [0.15, 0.2) is 0 Å². The van der Waals surface area contributed by atoms with E-state index in [0.717, 1.165) is 23.6 Å². The third kappa shape index (κ3) is 4.57. The maximum Gasteiger partial charge on any atom is 0.132 e. The van der Waals surface area contributed by atoms with Crippen LogP contribution >= 0.6 is 0 Å². The molecule has 2 unspecified atom stereocenters. The van der Waals surface area contributed by atoms with Gasteiger partial charge in [-0.25, -0.2) is 4.99 Å². The molecule has 152 valence electrons. The van der Waals surface area contributed by atoms with E-state index in [9.17, 15) is 0 Å². The van der Waals surface area contributed by atoms with Gasteiger partial charge in [0.2, 0.25) is 0 Å². The molecule has 1 aromatic carbocycles. The van der Waals surface area contributed by atoms with Gasteiger partial charge < -0.3 is 15.7 Å². The first kappa shape index (κ1) is 19.8. The van der Waals surface area contributed by atoms with Crippen molar-refractivity contribution in [3.05, 3.63) is 59.3 Å². The minimum Gasteiger partial charge on any atom is -0.395 e. The first-order valence-electron chi connectivity index (χ1n) is 10.6. The molecule has 2 aliphatic heterocycles. The van der Waals surface area contributed by atoms with Crippen LogP contribution in [-0.2, 0) is 0 Å². The van der Waals surface area contributed by atoms with E-state index in [0.29, 0.717) is 6.54 Å². The van der Waals surface area contributed by atoms with E-state index >= 15 is 0 Å². The maximum atomic E-state index is 8.93. The summed E-state index contributed by atoms with van der Waals surface area (Å²) in [6.07, 6.45) is 15.5. The summed E-state index contributed by atoms with van der Waals surface area (Å²) in [6.45, 7) is 3.65. The Balaban J connectivity index is 1.49.